The summed E-state index contributed by atoms with van der Waals surface area (Å²) in [5.41, 5.74) is 3.89. The maximum Gasteiger partial charge on any atom is 0.238 e. The van der Waals surface area contributed by atoms with Gasteiger partial charge in [-0.2, -0.15) is 5.10 Å². The highest BCUT2D eigenvalue weighted by Gasteiger charge is 2.26. The molecule has 174 valence electrons. The molecule has 7 nitrogen and oxygen atoms in total. The molecule has 1 aliphatic heterocycles. The molecule has 0 N–H and O–H groups in total. The van der Waals surface area contributed by atoms with Crippen molar-refractivity contribution in [2.75, 3.05) is 7.11 Å². The first kappa shape index (κ1) is 21.3. The number of imidazole rings is 1. The second kappa shape index (κ2) is 8.83. The lowest BCUT2D eigenvalue weighted by atomic mass is 9.88. The van der Waals surface area contributed by atoms with E-state index in [1.165, 1.54) is 16.3 Å². The Morgan fingerprint density at radius 1 is 1.00 bits per heavy atom. The van der Waals surface area contributed by atoms with E-state index in [0.717, 1.165) is 42.3 Å². The van der Waals surface area contributed by atoms with E-state index in [0.29, 0.717) is 11.7 Å². The van der Waals surface area contributed by atoms with Crippen LogP contribution in [-0.4, -0.2) is 36.4 Å². The van der Waals surface area contributed by atoms with E-state index >= 15 is 0 Å². The van der Waals surface area contributed by atoms with Gasteiger partial charge >= 0.3 is 0 Å². The number of pyridine rings is 1. The third-order valence-electron chi connectivity index (χ3n) is 6.54. The average Bonchev–Trinajstić information content (AvgIpc) is 3.52. The fourth-order valence-corrected chi connectivity index (χ4v) is 4.89. The van der Waals surface area contributed by atoms with Gasteiger partial charge in [0.1, 0.15) is 11.5 Å². The van der Waals surface area contributed by atoms with Crippen LogP contribution in [0.1, 0.15) is 47.4 Å². The molecule has 0 aliphatic carbocycles. The van der Waals surface area contributed by atoms with Gasteiger partial charge in [0.15, 0.2) is 5.82 Å². The van der Waals surface area contributed by atoms with E-state index < -0.39 is 0 Å². The summed E-state index contributed by atoms with van der Waals surface area (Å²) in [7, 11) is 1.63. The predicted octanol–water partition coefficient (Wildman–Crippen LogP) is 5.43. The van der Waals surface area contributed by atoms with Crippen molar-refractivity contribution in [1.82, 2.24) is 29.3 Å². The van der Waals surface area contributed by atoms with Crippen LogP contribution in [0.2, 0.25) is 0 Å². The number of fused-ring (bicyclic) bond motifs is 2. The number of nitrogens with zero attached hydrogens (tertiary/aromatic N) is 6. The van der Waals surface area contributed by atoms with Gasteiger partial charge in [-0.15, -0.1) is 0 Å². The number of aromatic nitrogens is 6. The number of aryl methyl sites for hydroxylation is 2. The van der Waals surface area contributed by atoms with Crippen molar-refractivity contribution in [2.45, 2.75) is 32.2 Å². The molecule has 0 unspecified atom stereocenters. The molecule has 1 aliphatic rings. The standard InChI is InChI=1S/C28H26N6O/c1-19-17-33(18-29-19)25-14-12-21(30-28(25)35-2)13-15-26-31-27-24(11-6-16-34(27)32-26)23-10-5-8-20-7-3-4-9-22(20)23/h3-5,7-10,12-15,17-18,24H,6,11,16H2,1-2H3/t24-/m0/s1. The van der Waals surface area contributed by atoms with Crippen LogP contribution in [0.15, 0.2) is 67.1 Å². The SMILES string of the molecule is COc1nc(C=Cc2nc3n(n2)CCC[C@H]3c2cccc3ccccc23)ccc1-n1cnc(C)c1. The molecule has 35 heavy (non-hydrogen) atoms. The number of hydrogen-bond acceptors (Lipinski definition) is 5. The van der Waals surface area contributed by atoms with Crippen LogP contribution in [0, 0.1) is 6.92 Å². The van der Waals surface area contributed by atoms with Gasteiger partial charge in [-0.25, -0.2) is 19.6 Å². The van der Waals surface area contributed by atoms with E-state index in [1.807, 2.05) is 42.0 Å². The zero-order valence-electron chi connectivity index (χ0n) is 19.8. The van der Waals surface area contributed by atoms with Gasteiger partial charge in [0, 0.05) is 18.7 Å². The largest absolute Gasteiger partial charge is 0.479 e. The molecule has 2 aromatic carbocycles. The second-order valence-corrected chi connectivity index (χ2v) is 8.83. The number of ether oxygens (including phenoxy) is 1. The summed E-state index contributed by atoms with van der Waals surface area (Å²) in [5, 5.41) is 7.33. The zero-order chi connectivity index (χ0) is 23.8. The van der Waals surface area contributed by atoms with Crippen LogP contribution < -0.4 is 4.74 Å². The van der Waals surface area contributed by atoms with Crippen LogP contribution in [0.25, 0.3) is 28.6 Å². The minimum absolute atomic E-state index is 0.237. The van der Waals surface area contributed by atoms with Crippen LogP contribution in [-0.2, 0) is 6.54 Å². The first-order valence-electron chi connectivity index (χ1n) is 11.9. The van der Waals surface area contributed by atoms with E-state index in [4.69, 9.17) is 14.8 Å². The molecular weight excluding hydrogens is 436 g/mol. The molecule has 0 radical (unpaired) electrons. The van der Waals surface area contributed by atoms with Crippen molar-refractivity contribution in [1.29, 1.82) is 0 Å². The van der Waals surface area contributed by atoms with E-state index in [2.05, 4.69) is 57.1 Å². The molecule has 0 amide bonds. The van der Waals surface area contributed by atoms with E-state index in [-0.39, 0.29) is 5.92 Å². The van der Waals surface area contributed by atoms with Gasteiger partial charge in [-0.3, -0.25) is 0 Å². The van der Waals surface area contributed by atoms with Crippen molar-refractivity contribution in [3.63, 3.8) is 0 Å². The minimum atomic E-state index is 0.237. The smallest absolute Gasteiger partial charge is 0.238 e. The first-order valence-corrected chi connectivity index (χ1v) is 11.9. The molecular formula is C28H26N6O. The monoisotopic (exact) mass is 462 g/mol. The molecule has 6 rings (SSSR count). The highest BCUT2D eigenvalue weighted by atomic mass is 16.5. The number of rotatable bonds is 5. The summed E-state index contributed by atoms with van der Waals surface area (Å²) in [4.78, 5) is 13.9. The lowest BCUT2D eigenvalue weighted by Crippen LogP contribution is -2.18. The maximum absolute atomic E-state index is 5.54. The topological polar surface area (TPSA) is 70.7 Å². The Morgan fingerprint density at radius 2 is 1.89 bits per heavy atom. The maximum atomic E-state index is 5.54. The van der Waals surface area contributed by atoms with Crippen LogP contribution in [0.3, 0.4) is 0 Å². The molecule has 0 bridgehead atoms. The van der Waals surface area contributed by atoms with Crippen LogP contribution >= 0.6 is 0 Å². The van der Waals surface area contributed by atoms with Gasteiger partial charge in [-0.05, 0) is 60.4 Å². The minimum Gasteiger partial charge on any atom is -0.479 e. The van der Waals surface area contributed by atoms with Crippen molar-refractivity contribution in [2.24, 2.45) is 0 Å². The van der Waals surface area contributed by atoms with E-state index in [1.54, 1.807) is 13.4 Å². The Morgan fingerprint density at radius 3 is 2.74 bits per heavy atom. The number of hydrogen-bond donors (Lipinski definition) is 0. The van der Waals surface area contributed by atoms with Gasteiger partial charge in [0.05, 0.1) is 24.8 Å². The quantitative estimate of drug-likeness (QED) is 0.349. The number of benzene rings is 2. The Bertz CT molecular complexity index is 1540. The van der Waals surface area contributed by atoms with Gasteiger partial charge in [-0.1, -0.05) is 42.5 Å². The highest BCUT2D eigenvalue weighted by Crippen LogP contribution is 2.36. The number of methoxy groups -OCH3 is 1. The van der Waals surface area contributed by atoms with Gasteiger partial charge in [0.2, 0.25) is 5.88 Å². The summed E-state index contributed by atoms with van der Waals surface area (Å²) in [6.07, 6.45) is 9.72. The lowest BCUT2D eigenvalue weighted by Gasteiger charge is -2.23. The molecule has 0 saturated carbocycles. The molecule has 0 saturated heterocycles. The summed E-state index contributed by atoms with van der Waals surface area (Å²) in [6, 6.07) is 19.0. The summed E-state index contributed by atoms with van der Waals surface area (Å²) < 4.78 is 9.51. The molecule has 7 heteroatoms. The predicted molar refractivity (Wildman–Crippen MR) is 137 cm³/mol. The highest BCUT2D eigenvalue weighted by molar-refractivity contribution is 5.86. The van der Waals surface area contributed by atoms with Crippen molar-refractivity contribution in [3.8, 4) is 11.6 Å². The summed E-state index contributed by atoms with van der Waals surface area (Å²) in [6.45, 7) is 2.85. The Hall–Kier alpha value is -4.26. The van der Waals surface area contributed by atoms with Crippen molar-refractivity contribution < 1.29 is 4.74 Å². The average molecular weight is 463 g/mol. The fraction of sp³-hybridized carbons (Fsp3) is 0.214. The van der Waals surface area contributed by atoms with Crippen molar-refractivity contribution >= 4 is 22.9 Å². The third kappa shape index (κ3) is 3.99. The summed E-state index contributed by atoms with van der Waals surface area (Å²) >= 11 is 0. The molecule has 3 aromatic heterocycles. The second-order valence-electron chi connectivity index (χ2n) is 8.83. The van der Waals surface area contributed by atoms with Crippen molar-refractivity contribution in [3.05, 3.63) is 95.7 Å². The normalized spacial score (nSPS) is 15.5. The Labute approximate surface area is 203 Å². The Kier molecular flexibility index (Phi) is 5.37. The van der Waals surface area contributed by atoms with Gasteiger partial charge in [0.25, 0.3) is 0 Å². The molecule has 5 aromatic rings. The third-order valence-corrected chi connectivity index (χ3v) is 6.54. The molecule has 0 fully saturated rings. The zero-order valence-corrected chi connectivity index (χ0v) is 19.8. The molecule has 1 atom stereocenters. The Balaban J connectivity index is 1.30. The lowest BCUT2D eigenvalue weighted by molar-refractivity contribution is 0.395. The van der Waals surface area contributed by atoms with E-state index in [9.17, 15) is 0 Å². The summed E-state index contributed by atoms with van der Waals surface area (Å²) in [5.74, 6) is 2.50. The molecule has 4 heterocycles. The fourth-order valence-electron chi connectivity index (χ4n) is 4.89. The first-order chi connectivity index (χ1) is 17.2. The van der Waals surface area contributed by atoms with Crippen LogP contribution in [0.4, 0.5) is 0 Å². The van der Waals surface area contributed by atoms with Gasteiger partial charge < -0.3 is 9.30 Å². The van der Waals surface area contributed by atoms with Crippen LogP contribution in [0.5, 0.6) is 5.88 Å². The molecule has 0 spiro atoms.